The highest BCUT2D eigenvalue weighted by Crippen LogP contribution is 2.29. The number of nitro groups is 1. The van der Waals surface area contributed by atoms with Gasteiger partial charge in [-0.1, -0.05) is 23.7 Å². The van der Waals surface area contributed by atoms with Gasteiger partial charge in [0.15, 0.2) is 0 Å². The number of nitrogens with zero attached hydrogens (tertiary/aromatic N) is 2. The molecule has 0 radical (unpaired) electrons. The van der Waals surface area contributed by atoms with E-state index in [1.807, 2.05) is 12.1 Å². The Kier molecular flexibility index (Phi) is 3.94. The van der Waals surface area contributed by atoms with Crippen LogP contribution in [0.2, 0.25) is 5.02 Å². The average Bonchev–Trinajstić information content (AvgIpc) is 2.41. The van der Waals surface area contributed by atoms with Crippen molar-refractivity contribution in [3.8, 4) is 11.6 Å². The molecule has 19 heavy (non-hydrogen) atoms. The first kappa shape index (κ1) is 13.3. The van der Waals surface area contributed by atoms with Gasteiger partial charge in [0.05, 0.1) is 4.92 Å². The van der Waals surface area contributed by atoms with Crippen LogP contribution in [-0.2, 0) is 6.54 Å². The zero-order valence-corrected chi connectivity index (χ0v) is 10.5. The Morgan fingerprint density at radius 3 is 2.58 bits per heavy atom. The summed E-state index contributed by atoms with van der Waals surface area (Å²) in [7, 11) is 0. The maximum absolute atomic E-state index is 10.5. The molecule has 0 aliphatic rings. The van der Waals surface area contributed by atoms with Gasteiger partial charge in [0.2, 0.25) is 5.88 Å². The number of hydrogen-bond acceptors (Lipinski definition) is 5. The maximum Gasteiger partial charge on any atom is 0.289 e. The molecule has 0 bridgehead atoms. The topological polar surface area (TPSA) is 91.3 Å². The van der Waals surface area contributed by atoms with Gasteiger partial charge in [-0.05, 0) is 17.7 Å². The lowest BCUT2D eigenvalue weighted by Crippen LogP contribution is -1.96. The fraction of sp³-hybridized carbons (Fsp3) is 0.0833. The Labute approximate surface area is 113 Å². The summed E-state index contributed by atoms with van der Waals surface area (Å²) in [6, 6.07) is 8.27. The third kappa shape index (κ3) is 3.18. The molecule has 2 aromatic rings. The lowest BCUT2D eigenvalue weighted by molar-refractivity contribution is -0.385. The molecular weight excluding hydrogens is 270 g/mol. The average molecular weight is 280 g/mol. The number of pyridine rings is 1. The molecule has 0 saturated heterocycles. The van der Waals surface area contributed by atoms with Crippen LogP contribution in [-0.4, -0.2) is 9.91 Å². The summed E-state index contributed by atoms with van der Waals surface area (Å²) in [5.41, 5.74) is 6.27. The summed E-state index contributed by atoms with van der Waals surface area (Å²) in [6.07, 6.45) is 1.09. The van der Waals surface area contributed by atoms with E-state index in [4.69, 9.17) is 22.1 Å². The van der Waals surface area contributed by atoms with Crippen molar-refractivity contribution in [2.75, 3.05) is 0 Å². The Morgan fingerprint density at radius 1 is 1.37 bits per heavy atom. The van der Waals surface area contributed by atoms with Crippen LogP contribution >= 0.6 is 11.6 Å². The zero-order valence-electron chi connectivity index (χ0n) is 9.75. The van der Waals surface area contributed by atoms with Gasteiger partial charge in [-0.15, -0.1) is 0 Å². The minimum absolute atomic E-state index is 0.0806. The number of ether oxygens (including phenoxy) is 1. The van der Waals surface area contributed by atoms with Crippen LogP contribution < -0.4 is 10.5 Å². The first-order valence-electron chi connectivity index (χ1n) is 5.37. The summed E-state index contributed by atoms with van der Waals surface area (Å²) in [5, 5.41) is 10.6. The van der Waals surface area contributed by atoms with Crippen LogP contribution in [0.1, 0.15) is 5.56 Å². The van der Waals surface area contributed by atoms with Crippen molar-refractivity contribution in [2.24, 2.45) is 5.73 Å². The summed E-state index contributed by atoms with van der Waals surface area (Å²) in [4.78, 5) is 13.8. The molecule has 0 unspecified atom stereocenters. The largest absolute Gasteiger partial charge is 0.438 e. The normalized spacial score (nSPS) is 10.2. The van der Waals surface area contributed by atoms with E-state index in [0.717, 1.165) is 11.8 Å². The Balaban J connectivity index is 2.20. The van der Waals surface area contributed by atoms with Gasteiger partial charge in [0.1, 0.15) is 17.0 Å². The van der Waals surface area contributed by atoms with Crippen molar-refractivity contribution in [2.45, 2.75) is 6.54 Å². The molecule has 0 amide bonds. The van der Waals surface area contributed by atoms with Crippen LogP contribution in [0, 0.1) is 10.1 Å². The van der Waals surface area contributed by atoms with Crippen molar-refractivity contribution in [3.63, 3.8) is 0 Å². The lowest BCUT2D eigenvalue weighted by Gasteiger charge is -2.06. The van der Waals surface area contributed by atoms with Gasteiger partial charge in [-0.2, -0.15) is 0 Å². The van der Waals surface area contributed by atoms with E-state index >= 15 is 0 Å². The van der Waals surface area contributed by atoms with Gasteiger partial charge in [0, 0.05) is 12.6 Å². The molecule has 1 heterocycles. The fourth-order valence-electron chi connectivity index (χ4n) is 1.40. The Morgan fingerprint density at radius 2 is 2.05 bits per heavy atom. The second-order valence-electron chi connectivity index (χ2n) is 3.69. The van der Waals surface area contributed by atoms with Gasteiger partial charge >= 0.3 is 0 Å². The van der Waals surface area contributed by atoms with Crippen LogP contribution in [0.3, 0.4) is 0 Å². The molecule has 7 heteroatoms. The second-order valence-corrected chi connectivity index (χ2v) is 4.09. The number of benzene rings is 1. The van der Waals surface area contributed by atoms with Crippen molar-refractivity contribution >= 4 is 17.3 Å². The molecule has 0 spiro atoms. The van der Waals surface area contributed by atoms with Crippen LogP contribution in [0.15, 0.2) is 36.5 Å². The first-order valence-corrected chi connectivity index (χ1v) is 5.74. The molecule has 98 valence electrons. The fourth-order valence-corrected chi connectivity index (χ4v) is 1.59. The summed E-state index contributed by atoms with van der Waals surface area (Å²) in [5.74, 6) is 0.646. The molecule has 1 aromatic carbocycles. The minimum Gasteiger partial charge on any atom is -0.438 e. The van der Waals surface area contributed by atoms with E-state index in [9.17, 15) is 10.1 Å². The lowest BCUT2D eigenvalue weighted by atomic mass is 10.2. The van der Waals surface area contributed by atoms with Gasteiger partial charge < -0.3 is 10.5 Å². The molecule has 0 aliphatic heterocycles. The highest BCUT2D eigenvalue weighted by atomic mass is 35.5. The van der Waals surface area contributed by atoms with E-state index in [0.29, 0.717) is 12.3 Å². The van der Waals surface area contributed by atoms with Crippen molar-refractivity contribution in [1.82, 2.24) is 4.98 Å². The standard InChI is InChI=1S/C12H10ClN3O3/c13-11-5-9(16(17)18)7-15-12(11)19-10-3-1-8(6-14)2-4-10/h1-5,7H,6,14H2. The van der Waals surface area contributed by atoms with Crippen molar-refractivity contribution in [1.29, 1.82) is 0 Å². The van der Waals surface area contributed by atoms with Crippen LogP contribution in [0.25, 0.3) is 0 Å². The number of aromatic nitrogens is 1. The van der Waals surface area contributed by atoms with E-state index in [2.05, 4.69) is 4.98 Å². The van der Waals surface area contributed by atoms with Crippen molar-refractivity contribution in [3.05, 3.63) is 57.2 Å². The molecule has 0 fully saturated rings. The maximum atomic E-state index is 10.5. The minimum atomic E-state index is -0.571. The molecule has 0 saturated carbocycles. The van der Waals surface area contributed by atoms with Gasteiger partial charge in [-0.25, -0.2) is 4.98 Å². The van der Waals surface area contributed by atoms with E-state index in [-0.39, 0.29) is 16.6 Å². The van der Waals surface area contributed by atoms with Crippen LogP contribution in [0.5, 0.6) is 11.6 Å². The molecule has 2 rings (SSSR count). The summed E-state index contributed by atoms with van der Waals surface area (Å²) >= 11 is 5.87. The molecule has 1 aromatic heterocycles. The second kappa shape index (κ2) is 5.64. The van der Waals surface area contributed by atoms with Crippen LogP contribution in [0.4, 0.5) is 5.69 Å². The molecule has 0 aliphatic carbocycles. The SMILES string of the molecule is NCc1ccc(Oc2ncc([N+](=O)[O-])cc2Cl)cc1. The Bertz CT molecular complexity index is 602. The highest BCUT2D eigenvalue weighted by molar-refractivity contribution is 6.32. The summed E-state index contributed by atoms with van der Waals surface area (Å²) in [6.45, 7) is 0.441. The zero-order chi connectivity index (χ0) is 13.8. The molecule has 2 N–H and O–H groups in total. The number of hydrogen-bond donors (Lipinski definition) is 1. The van der Waals surface area contributed by atoms with E-state index in [1.165, 1.54) is 6.07 Å². The smallest absolute Gasteiger partial charge is 0.289 e. The molecular formula is C12H10ClN3O3. The number of rotatable bonds is 4. The predicted octanol–water partition coefficient (Wildman–Crippen LogP) is 2.89. The molecule has 6 nitrogen and oxygen atoms in total. The predicted molar refractivity (Wildman–Crippen MR) is 70.3 cm³/mol. The van der Waals surface area contributed by atoms with Gasteiger partial charge in [0.25, 0.3) is 5.69 Å². The monoisotopic (exact) mass is 279 g/mol. The quantitative estimate of drug-likeness (QED) is 0.686. The Hall–Kier alpha value is -2.18. The van der Waals surface area contributed by atoms with Gasteiger partial charge in [-0.3, -0.25) is 10.1 Å². The molecule has 0 atom stereocenters. The summed E-state index contributed by atoms with van der Waals surface area (Å²) < 4.78 is 5.44. The first-order chi connectivity index (χ1) is 9.10. The number of halogens is 1. The third-order valence-electron chi connectivity index (χ3n) is 2.38. The van der Waals surface area contributed by atoms with E-state index in [1.54, 1.807) is 12.1 Å². The number of nitrogens with two attached hydrogens (primary N) is 1. The van der Waals surface area contributed by atoms with E-state index < -0.39 is 4.92 Å². The van der Waals surface area contributed by atoms with Crippen molar-refractivity contribution < 1.29 is 9.66 Å². The highest BCUT2D eigenvalue weighted by Gasteiger charge is 2.12. The third-order valence-corrected chi connectivity index (χ3v) is 2.65.